The Morgan fingerprint density at radius 2 is 1.93 bits per heavy atom. The first kappa shape index (κ1) is 20.1. The molecule has 2 aliphatic heterocycles. The van der Waals surface area contributed by atoms with Gasteiger partial charge in [0.15, 0.2) is 0 Å². The lowest BCUT2D eigenvalue weighted by Gasteiger charge is -2.35. The van der Waals surface area contributed by atoms with Crippen molar-refractivity contribution in [3.05, 3.63) is 59.4 Å². The average molecular weight is 416 g/mol. The van der Waals surface area contributed by atoms with Gasteiger partial charge in [0.05, 0.1) is 0 Å². The maximum Gasteiger partial charge on any atom is 0.241 e. The number of benzene rings is 1. The number of carbonyl (C=O) groups excluding carboxylic acids is 1. The number of hydrazine groups is 1. The van der Waals surface area contributed by atoms with Gasteiger partial charge in [-0.3, -0.25) is 14.7 Å². The van der Waals surface area contributed by atoms with Crippen molar-refractivity contribution in [1.29, 1.82) is 0 Å². The molecule has 2 unspecified atom stereocenters. The lowest BCUT2D eigenvalue weighted by atomic mass is 10.0. The van der Waals surface area contributed by atoms with E-state index in [4.69, 9.17) is 16.3 Å². The van der Waals surface area contributed by atoms with Gasteiger partial charge >= 0.3 is 0 Å². The lowest BCUT2D eigenvalue weighted by Crippen LogP contribution is -2.54. The summed E-state index contributed by atoms with van der Waals surface area (Å²) in [7, 11) is 0. The minimum atomic E-state index is -0.194. The first-order chi connectivity index (χ1) is 14.2. The Labute approximate surface area is 176 Å². The highest BCUT2D eigenvalue weighted by molar-refractivity contribution is 6.30. The van der Waals surface area contributed by atoms with Crippen LogP contribution in [0.5, 0.6) is 5.75 Å². The zero-order valence-corrected chi connectivity index (χ0v) is 17.0. The van der Waals surface area contributed by atoms with Crippen LogP contribution >= 0.6 is 11.6 Å². The number of carbonyl (C=O) groups is 1. The molecule has 4 rings (SSSR count). The fourth-order valence-electron chi connectivity index (χ4n) is 3.75. The number of hydrogen-bond acceptors (Lipinski definition) is 6. The number of amides is 1. The van der Waals surface area contributed by atoms with Gasteiger partial charge in [-0.15, -0.1) is 0 Å². The van der Waals surface area contributed by atoms with E-state index in [1.165, 1.54) is 0 Å². The fraction of sp³-hybridized carbons (Fsp3) is 0.429. The van der Waals surface area contributed by atoms with Crippen LogP contribution in [0.4, 0.5) is 0 Å². The van der Waals surface area contributed by atoms with Gasteiger partial charge in [0.2, 0.25) is 5.91 Å². The van der Waals surface area contributed by atoms with Gasteiger partial charge in [0.1, 0.15) is 18.4 Å². The maximum atomic E-state index is 12.9. The zero-order valence-electron chi connectivity index (χ0n) is 16.3. The van der Waals surface area contributed by atoms with E-state index < -0.39 is 0 Å². The molecule has 154 valence electrons. The van der Waals surface area contributed by atoms with Crippen molar-refractivity contribution in [2.24, 2.45) is 0 Å². The number of pyridine rings is 1. The standard InChI is InChI=1S/C21H26ClN5O2/c22-17-3-5-18(6-4-17)29-13-12-26-8-10-27(11-9-26)21(28)20-14-19(24-25-20)16-2-1-7-23-15-16/h1-7,15,19-20,24-25H,8-14H2. The van der Waals surface area contributed by atoms with Gasteiger partial charge in [-0.2, -0.15) is 0 Å². The zero-order chi connectivity index (χ0) is 20.1. The van der Waals surface area contributed by atoms with Crippen molar-refractivity contribution in [3.8, 4) is 5.75 Å². The van der Waals surface area contributed by atoms with Gasteiger partial charge in [-0.1, -0.05) is 17.7 Å². The molecule has 2 N–H and O–H groups in total. The summed E-state index contributed by atoms with van der Waals surface area (Å²) in [5, 5.41) is 0.705. The SMILES string of the molecule is O=C(C1CC(c2cccnc2)NN1)N1CCN(CCOc2ccc(Cl)cc2)CC1. The predicted molar refractivity (Wildman–Crippen MR) is 112 cm³/mol. The number of hydrogen-bond donors (Lipinski definition) is 2. The van der Waals surface area contributed by atoms with Crippen LogP contribution < -0.4 is 15.6 Å². The quantitative estimate of drug-likeness (QED) is 0.750. The molecule has 7 nitrogen and oxygen atoms in total. The Morgan fingerprint density at radius 3 is 2.66 bits per heavy atom. The van der Waals surface area contributed by atoms with E-state index in [1.807, 2.05) is 47.5 Å². The Kier molecular flexibility index (Phi) is 6.61. The summed E-state index contributed by atoms with van der Waals surface area (Å²) < 4.78 is 5.77. The van der Waals surface area contributed by atoms with E-state index >= 15 is 0 Å². The highest BCUT2D eigenvalue weighted by Gasteiger charge is 2.34. The van der Waals surface area contributed by atoms with Crippen LogP contribution in [-0.2, 0) is 4.79 Å². The van der Waals surface area contributed by atoms with Crippen LogP contribution in [0.3, 0.4) is 0 Å². The molecule has 1 aromatic heterocycles. The molecule has 2 saturated heterocycles. The molecule has 0 saturated carbocycles. The maximum absolute atomic E-state index is 12.9. The summed E-state index contributed by atoms with van der Waals surface area (Å²) in [4.78, 5) is 21.3. The van der Waals surface area contributed by atoms with Crippen molar-refractivity contribution >= 4 is 17.5 Å². The molecule has 0 bridgehead atoms. The number of ether oxygens (including phenoxy) is 1. The largest absolute Gasteiger partial charge is 0.492 e. The summed E-state index contributed by atoms with van der Waals surface area (Å²) in [5.74, 6) is 0.993. The average Bonchev–Trinajstić information content (AvgIpc) is 3.26. The van der Waals surface area contributed by atoms with E-state index in [9.17, 15) is 4.79 Å². The highest BCUT2D eigenvalue weighted by Crippen LogP contribution is 2.22. The van der Waals surface area contributed by atoms with Crippen LogP contribution in [0.15, 0.2) is 48.8 Å². The van der Waals surface area contributed by atoms with Crippen LogP contribution in [0.1, 0.15) is 18.0 Å². The van der Waals surface area contributed by atoms with Gasteiger partial charge < -0.3 is 9.64 Å². The molecule has 1 aromatic carbocycles. The molecular formula is C21H26ClN5O2. The van der Waals surface area contributed by atoms with Crippen molar-refractivity contribution < 1.29 is 9.53 Å². The lowest BCUT2D eigenvalue weighted by molar-refractivity contribution is -0.135. The summed E-state index contributed by atoms with van der Waals surface area (Å²) in [6.45, 7) is 4.68. The highest BCUT2D eigenvalue weighted by atomic mass is 35.5. The first-order valence-electron chi connectivity index (χ1n) is 9.99. The van der Waals surface area contributed by atoms with Crippen molar-refractivity contribution in [2.45, 2.75) is 18.5 Å². The van der Waals surface area contributed by atoms with Crippen LogP contribution in [0.25, 0.3) is 0 Å². The second kappa shape index (κ2) is 9.54. The topological polar surface area (TPSA) is 69.7 Å². The van der Waals surface area contributed by atoms with E-state index in [2.05, 4.69) is 20.7 Å². The molecule has 3 heterocycles. The molecule has 2 aliphatic rings. The van der Waals surface area contributed by atoms with Crippen molar-refractivity contribution in [2.75, 3.05) is 39.3 Å². The summed E-state index contributed by atoms with van der Waals surface area (Å²) in [6.07, 6.45) is 4.34. The number of rotatable bonds is 6. The summed E-state index contributed by atoms with van der Waals surface area (Å²) in [5.41, 5.74) is 7.48. The number of piperazine rings is 1. The van der Waals surface area contributed by atoms with Gasteiger partial charge in [-0.05, 0) is 42.3 Å². The van der Waals surface area contributed by atoms with Crippen molar-refractivity contribution in [3.63, 3.8) is 0 Å². The second-order valence-electron chi connectivity index (χ2n) is 7.39. The number of aromatic nitrogens is 1. The van der Waals surface area contributed by atoms with Gasteiger partial charge in [0.25, 0.3) is 0 Å². The number of nitrogens with one attached hydrogen (secondary N) is 2. The number of halogens is 1. The third kappa shape index (κ3) is 5.25. The molecule has 2 aromatic rings. The first-order valence-corrected chi connectivity index (χ1v) is 10.4. The molecule has 0 radical (unpaired) electrons. The Balaban J connectivity index is 1.18. The van der Waals surface area contributed by atoms with E-state index in [0.29, 0.717) is 11.6 Å². The monoisotopic (exact) mass is 415 g/mol. The minimum absolute atomic E-state index is 0.115. The second-order valence-corrected chi connectivity index (χ2v) is 7.82. The molecule has 0 spiro atoms. The molecular weight excluding hydrogens is 390 g/mol. The summed E-state index contributed by atoms with van der Waals surface area (Å²) >= 11 is 5.89. The molecule has 1 amide bonds. The predicted octanol–water partition coefficient (Wildman–Crippen LogP) is 1.87. The van der Waals surface area contributed by atoms with Gasteiger partial charge in [-0.25, -0.2) is 10.9 Å². The van der Waals surface area contributed by atoms with E-state index in [1.54, 1.807) is 6.20 Å². The molecule has 2 fully saturated rings. The third-order valence-electron chi connectivity index (χ3n) is 5.46. The minimum Gasteiger partial charge on any atom is -0.492 e. The van der Waals surface area contributed by atoms with Crippen LogP contribution in [0, 0.1) is 0 Å². The molecule has 0 aliphatic carbocycles. The molecule has 29 heavy (non-hydrogen) atoms. The number of nitrogens with zero attached hydrogens (tertiary/aromatic N) is 3. The summed E-state index contributed by atoms with van der Waals surface area (Å²) in [6, 6.07) is 11.3. The Bertz CT molecular complexity index is 796. The Hall–Kier alpha value is -2.19. The molecule has 2 atom stereocenters. The normalized spacial score (nSPS) is 22.6. The molecule has 8 heteroatoms. The van der Waals surface area contributed by atoms with Crippen LogP contribution in [0.2, 0.25) is 5.02 Å². The fourth-order valence-corrected chi connectivity index (χ4v) is 3.88. The van der Waals surface area contributed by atoms with E-state index in [-0.39, 0.29) is 18.0 Å². The smallest absolute Gasteiger partial charge is 0.241 e. The van der Waals surface area contributed by atoms with E-state index in [0.717, 1.165) is 50.5 Å². The third-order valence-corrected chi connectivity index (χ3v) is 5.71. The van der Waals surface area contributed by atoms with Gasteiger partial charge in [0, 0.05) is 56.2 Å². The van der Waals surface area contributed by atoms with Crippen LogP contribution in [-0.4, -0.2) is 66.1 Å². The van der Waals surface area contributed by atoms with Crippen molar-refractivity contribution in [1.82, 2.24) is 25.6 Å². The Morgan fingerprint density at radius 1 is 1.14 bits per heavy atom.